The molecule has 1 aromatic carbocycles. The molecule has 0 aliphatic carbocycles. The molecule has 5 nitrogen and oxygen atoms in total. The summed E-state index contributed by atoms with van der Waals surface area (Å²) < 4.78 is 31.3. The second kappa shape index (κ2) is 8.36. The summed E-state index contributed by atoms with van der Waals surface area (Å²) in [6, 6.07) is 1.62. The minimum absolute atomic E-state index is 0.0753. The summed E-state index contributed by atoms with van der Waals surface area (Å²) in [5.41, 5.74) is 2.27. The number of rotatable bonds is 5. The number of hydrogen-bond acceptors (Lipinski definition) is 4. The summed E-state index contributed by atoms with van der Waals surface area (Å²) in [6.45, 7) is 9.29. The standard InChI is InChI=1S/C13H21NO4S.C2H6/c1-9-8-12(10(2)11(3)13(9)18-5)19(16,17)14(4)6-7-15;1-2/h8,15H,6-7H2,1-5H3;1-2H3. The van der Waals surface area contributed by atoms with E-state index in [1.807, 2.05) is 27.7 Å². The maximum atomic E-state index is 12.4. The third kappa shape index (κ3) is 4.18. The molecule has 0 amide bonds. The van der Waals surface area contributed by atoms with Gasteiger partial charge in [-0.1, -0.05) is 13.8 Å². The molecule has 0 aliphatic rings. The van der Waals surface area contributed by atoms with Crippen molar-refractivity contribution in [3.05, 3.63) is 22.8 Å². The molecule has 122 valence electrons. The number of methoxy groups -OCH3 is 1. The van der Waals surface area contributed by atoms with Crippen molar-refractivity contribution in [2.24, 2.45) is 0 Å². The van der Waals surface area contributed by atoms with Gasteiger partial charge < -0.3 is 9.84 Å². The van der Waals surface area contributed by atoms with Crippen molar-refractivity contribution in [1.29, 1.82) is 0 Å². The molecule has 0 atom stereocenters. The molecule has 0 saturated heterocycles. The minimum Gasteiger partial charge on any atom is -0.496 e. The van der Waals surface area contributed by atoms with Crippen LogP contribution in [0.1, 0.15) is 30.5 Å². The third-order valence-electron chi connectivity index (χ3n) is 3.29. The van der Waals surface area contributed by atoms with Gasteiger partial charge in [-0.3, -0.25) is 0 Å². The Morgan fingerprint density at radius 3 is 2.14 bits per heavy atom. The Morgan fingerprint density at radius 2 is 1.71 bits per heavy atom. The SMILES string of the molecule is CC.COc1c(C)cc(S(=O)(=O)N(C)CCO)c(C)c1C. The van der Waals surface area contributed by atoms with Crippen LogP contribution in [0, 0.1) is 20.8 Å². The van der Waals surface area contributed by atoms with Crippen LogP contribution in [0.15, 0.2) is 11.0 Å². The lowest BCUT2D eigenvalue weighted by molar-refractivity contribution is 0.266. The predicted octanol–water partition coefficient (Wildman–Crippen LogP) is 2.26. The number of aliphatic hydroxyl groups is 1. The van der Waals surface area contributed by atoms with Crippen molar-refractivity contribution in [2.75, 3.05) is 27.3 Å². The first kappa shape index (κ1) is 19.9. The van der Waals surface area contributed by atoms with Gasteiger partial charge in [0.15, 0.2) is 0 Å². The summed E-state index contributed by atoms with van der Waals surface area (Å²) >= 11 is 0. The molecule has 1 rings (SSSR count). The van der Waals surface area contributed by atoms with Crippen molar-refractivity contribution in [3.63, 3.8) is 0 Å². The maximum absolute atomic E-state index is 12.4. The lowest BCUT2D eigenvalue weighted by atomic mass is 10.1. The molecule has 0 fully saturated rings. The molecule has 1 aromatic rings. The van der Waals surface area contributed by atoms with Crippen molar-refractivity contribution >= 4 is 10.0 Å². The fourth-order valence-corrected chi connectivity index (χ4v) is 3.56. The van der Waals surface area contributed by atoms with Crippen LogP contribution in [0.2, 0.25) is 0 Å². The van der Waals surface area contributed by atoms with E-state index in [1.165, 1.54) is 7.05 Å². The van der Waals surface area contributed by atoms with Crippen molar-refractivity contribution in [2.45, 2.75) is 39.5 Å². The van der Waals surface area contributed by atoms with Gasteiger partial charge in [0, 0.05) is 13.6 Å². The van der Waals surface area contributed by atoms with E-state index in [-0.39, 0.29) is 18.0 Å². The quantitative estimate of drug-likeness (QED) is 0.904. The Hall–Kier alpha value is -1.11. The van der Waals surface area contributed by atoms with E-state index in [9.17, 15) is 8.42 Å². The zero-order chi connectivity index (χ0) is 16.8. The van der Waals surface area contributed by atoms with E-state index in [0.717, 1.165) is 15.4 Å². The highest BCUT2D eigenvalue weighted by atomic mass is 32.2. The van der Waals surface area contributed by atoms with Gasteiger partial charge in [-0.25, -0.2) is 8.42 Å². The smallest absolute Gasteiger partial charge is 0.243 e. The minimum atomic E-state index is -3.58. The predicted molar refractivity (Wildman–Crippen MR) is 85.5 cm³/mol. The highest BCUT2D eigenvalue weighted by molar-refractivity contribution is 7.89. The molecule has 0 aromatic heterocycles. The summed E-state index contributed by atoms with van der Waals surface area (Å²) in [4.78, 5) is 0.263. The van der Waals surface area contributed by atoms with Gasteiger partial charge in [0.05, 0.1) is 18.6 Å². The van der Waals surface area contributed by atoms with Gasteiger partial charge >= 0.3 is 0 Å². The van der Waals surface area contributed by atoms with E-state index in [0.29, 0.717) is 11.3 Å². The molecule has 0 heterocycles. The fourth-order valence-electron chi connectivity index (χ4n) is 2.03. The Bertz CT molecular complexity index is 568. The first-order valence-electron chi connectivity index (χ1n) is 6.99. The first-order valence-corrected chi connectivity index (χ1v) is 8.43. The van der Waals surface area contributed by atoms with Gasteiger partial charge in [-0.05, 0) is 43.5 Å². The molecule has 0 spiro atoms. The van der Waals surface area contributed by atoms with Gasteiger partial charge in [0.25, 0.3) is 0 Å². The molecule has 0 unspecified atom stereocenters. The lowest BCUT2D eigenvalue weighted by Gasteiger charge is -2.20. The van der Waals surface area contributed by atoms with Crippen LogP contribution in [0.3, 0.4) is 0 Å². The monoisotopic (exact) mass is 317 g/mol. The van der Waals surface area contributed by atoms with E-state index in [2.05, 4.69) is 0 Å². The Kier molecular flexibility index (Phi) is 7.92. The normalized spacial score (nSPS) is 11.1. The zero-order valence-electron chi connectivity index (χ0n) is 14.0. The molecule has 0 bridgehead atoms. The third-order valence-corrected chi connectivity index (χ3v) is 5.27. The van der Waals surface area contributed by atoms with Crippen LogP contribution in [0.4, 0.5) is 0 Å². The molecule has 6 heteroatoms. The Labute approximate surface area is 128 Å². The second-order valence-electron chi connectivity index (χ2n) is 4.53. The largest absolute Gasteiger partial charge is 0.496 e. The molecule has 1 N–H and O–H groups in total. The van der Waals surface area contributed by atoms with Crippen molar-refractivity contribution in [1.82, 2.24) is 4.31 Å². The Morgan fingerprint density at radius 1 is 1.19 bits per heavy atom. The number of likely N-dealkylation sites (N-methyl/N-ethyl adjacent to an activating group) is 1. The van der Waals surface area contributed by atoms with Gasteiger partial charge in [0.1, 0.15) is 5.75 Å². The fraction of sp³-hybridized carbons (Fsp3) is 0.600. The molecule has 0 radical (unpaired) electrons. The molecule has 0 aliphatic heterocycles. The van der Waals surface area contributed by atoms with Gasteiger partial charge in [0.2, 0.25) is 10.0 Å². The molecule has 0 saturated carbocycles. The van der Waals surface area contributed by atoms with Crippen molar-refractivity contribution in [3.8, 4) is 5.75 Å². The summed E-state index contributed by atoms with van der Waals surface area (Å²) in [7, 11) is -0.556. The Balaban J connectivity index is 0.00000191. The van der Waals surface area contributed by atoms with Crippen LogP contribution in [0.5, 0.6) is 5.75 Å². The summed E-state index contributed by atoms with van der Waals surface area (Å²) in [6.07, 6.45) is 0. The van der Waals surface area contributed by atoms with E-state index in [1.54, 1.807) is 20.1 Å². The highest BCUT2D eigenvalue weighted by Gasteiger charge is 2.25. The van der Waals surface area contributed by atoms with Gasteiger partial charge in [-0.2, -0.15) is 4.31 Å². The molecular weight excluding hydrogens is 290 g/mol. The van der Waals surface area contributed by atoms with Gasteiger partial charge in [-0.15, -0.1) is 0 Å². The average Bonchev–Trinajstić information content (AvgIpc) is 2.45. The molecule has 21 heavy (non-hydrogen) atoms. The zero-order valence-corrected chi connectivity index (χ0v) is 14.8. The van der Waals surface area contributed by atoms with Crippen molar-refractivity contribution < 1.29 is 18.3 Å². The number of aliphatic hydroxyl groups excluding tert-OH is 1. The summed E-state index contributed by atoms with van der Waals surface area (Å²) in [5, 5.41) is 8.88. The average molecular weight is 317 g/mol. The number of aryl methyl sites for hydroxylation is 1. The van der Waals surface area contributed by atoms with E-state index in [4.69, 9.17) is 9.84 Å². The lowest BCUT2D eigenvalue weighted by Crippen LogP contribution is -2.30. The second-order valence-corrected chi connectivity index (χ2v) is 6.54. The number of benzene rings is 1. The maximum Gasteiger partial charge on any atom is 0.243 e. The van der Waals surface area contributed by atoms with Crippen LogP contribution in [-0.4, -0.2) is 45.1 Å². The first-order chi connectivity index (χ1) is 9.77. The van der Waals surface area contributed by atoms with E-state index >= 15 is 0 Å². The number of ether oxygens (including phenoxy) is 1. The molecular formula is C15H27NO4S. The van der Waals surface area contributed by atoms with Crippen LogP contribution >= 0.6 is 0 Å². The summed E-state index contributed by atoms with van der Waals surface area (Å²) in [5.74, 6) is 0.710. The van der Waals surface area contributed by atoms with E-state index < -0.39 is 10.0 Å². The number of hydrogen-bond donors (Lipinski definition) is 1. The highest BCUT2D eigenvalue weighted by Crippen LogP contribution is 2.31. The number of sulfonamides is 1. The van der Waals surface area contributed by atoms with Crippen LogP contribution < -0.4 is 4.74 Å². The number of nitrogens with zero attached hydrogens (tertiary/aromatic N) is 1. The van der Waals surface area contributed by atoms with Crippen LogP contribution in [-0.2, 0) is 10.0 Å². The topological polar surface area (TPSA) is 66.8 Å². The van der Waals surface area contributed by atoms with Crippen LogP contribution in [0.25, 0.3) is 0 Å².